The van der Waals surface area contributed by atoms with E-state index in [1.165, 1.54) is 11.8 Å². The van der Waals surface area contributed by atoms with Crippen molar-refractivity contribution in [2.45, 2.75) is 19.9 Å². The zero-order valence-corrected chi connectivity index (χ0v) is 18.1. The Balaban J connectivity index is 1.50. The molecular weight excluding hydrogens is 392 g/mol. The Kier molecular flexibility index (Phi) is 7.70. The number of methoxy groups -OCH3 is 1. The van der Waals surface area contributed by atoms with Gasteiger partial charge in [-0.25, -0.2) is 0 Å². The van der Waals surface area contributed by atoms with Crippen LogP contribution in [0.25, 0.3) is 0 Å². The molecule has 0 atom stereocenters. The van der Waals surface area contributed by atoms with Gasteiger partial charge in [-0.3, -0.25) is 9.79 Å². The molecule has 162 valence electrons. The maximum absolute atomic E-state index is 12.1. The molecule has 0 aliphatic heterocycles. The van der Waals surface area contributed by atoms with Crippen molar-refractivity contribution in [1.82, 2.24) is 10.6 Å². The quantitative estimate of drug-likeness (QED) is 0.382. The number of furan rings is 1. The topological polar surface area (TPSA) is 87.9 Å². The standard InChI is InChI=1S/C24H28N4O3/c1-17-9-10-21(30-3)19(14-17)11-12-26-24(25-2)27-16-18-6-4-7-20(15-18)28-23(29)22-8-5-13-31-22/h4-10,13-15H,11-12,16H2,1-3H3,(H,28,29)(H2,25,26,27). The lowest BCUT2D eigenvalue weighted by molar-refractivity contribution is 0.0996. The molecule has 0 bridgehead atoms. The van der Waals surface area contributed by atoms with E-state index in [4.69, 9.17) is 9.15 Å². The van der Waals surface area contributed by atoms with E-state index in [9.17, 15) is 4.79 Å². The van der Waals surface area contributed by atoms with E-state index in [0.717, 1.165) is 29.8 Å². The van der Waals surface area contributed by atoms with E-state index in [1.807, 2.05) is 36.4 Å². The number of aliphatic imine (C=N–C) groups is 1. The fourth-order valence-corrected chi connectivity index (χ4v) is 3.18. The van der Waals surface area contributed by atoms with Crippen LogP contribution >= 0.6 is 0 Å². The number of ether oxygens (including phenoxy) is 1. The third kappa shape index (κ3) is 6.37. The molecule has 1 heterocycles. The number of benzene rings is 2. The first-order valence-electron chi connectivity index (χ1n) is 10.1. The van der Waals surface area contributed by atoms with Crippen LogP contribution in [-0.2, 0) is 13.0 Å². The minimum absolute atomic E-state index is 0.276. The Morgan fingerprint density at radius 3 is 2.71 bits per heavy atom. The minimum Gasteiger partial charge on any atom is -0.496 e. The van der Waals surface area contributed by atoms with E-state index in [-0.39, 0.29) is 11.7 Å². The number of carbonyl (C=O) groups excluding carboxylic acids is 1. The highest BCUT2D eigenvalue weighted by Gasteiger charge is 2.09. The number of guanidine groups is 1. The number of carbonyl (C=O) groups is 1. The summed E-state index contributed by atoms with van der Waals surface area (Å²) < 4.78 is 10.6. The molecule has 1 amide bonds. The predicted octanol–water partition coefficient (Wildman–Crippen LogP) is 3.76. The van der Waals surface area contributed by atoms with Gasteiger partial charge in [0.05, 0.1) is 13.4 Å². The fraction of sp³-hybridized carbons (Fsp3) is 0.250. The molecule has 0 saturated heterocycles. The summed E-state index contributed by atoms with van der Waals surface area (Å²) in [5, 5.41) is 9.46. The highest BCUT2D eigenvalue weighted by molar-refractivity contribution is 6.02. The second-order valence-electron chi connectivity index (χ2n) is 7.05. The Hall–Kier alpha value is -3.74. The third-order valence-electron chi connectivity index (χ3n) is 4.74. The van der Waals surface area contributed by atoms with Gasteiger partial charge in [-0.15, -0.1) is 0 Å². The monoisotopic (exact) mass is 420 g/mol. The molecule has 1 aromatic heterocycles. The Morgan fingerprint density at radius 2 is 1.97 bits per heavy atom. The SMILES string of the molecule is CN=C(NCCc1cc(C)ccc1OC)NCc1cccc(NC(=O)c2ccco2)c1. The number of nitrogens with one attached hydrogen (secondary N) is 3. The van der Waals surface area contributed by atoms with E-state index < -0.39 is 0 Å². The number of hydrogen-bond donors (Lipinski definition) is 3. The lowest BCUT2D eigenvalue weighted by Gasteiger charge is -2.14. The van der Waals surface area contributed by atoms with Gasteiger partial charge in [0.1, 0.15) is 5.75 Å². The van der Waals surface area contributed by atoms with Crippen molar-refractivity contribution in [3.05, 3.63) is 83.3 Å². The number of rotatable bonds is 8. The molecule has 0 aliphatic carbocycles. The maximum Gasteiger partial charge on any atom is 0.291 e. The van der Waals surface area contributed by atoms with Crippen LogP contribution in [0.1, 0.15) is 27.2 Å². The molecular formula is C24H28N4O3. The van der Waals surface area contributed by atoms with Crippen LogP contribution in [0.3, 0.4) is 0 Å². The van der Waals surface area contributed by atoms with Gasteiger partial charge >= 0.3 is 0 Å². The molecule has 0 spiro atoms. The molecule has 0 radical (unpaired) electrons. The number of aryl methyl sites for hydroxylation is 1. The van der Waals surface area contributed by atoms with E-state index in [2.05, 4.69) is 33.9 Å². The second kappa shape index (κ2) is 10.9. The molecule has 2 aromatic carbocycles. The predicted molar refractivity (Wildman–Crippen MR) is 123 cm³/mol. The minimum atomic E-state index is -0.279. The molecule has 3 rings (SSSR count). The van der Waals surface area contributed by atoms with Gasteiger partial charge in [-0.05, 0) is 54.8 Å². The first-order valence-corrected chi connectivity index (χ1v) is 10.1. The second-order valence-corrected chi connectivity index (χ2v) is 7.05. The summed E-state index contributed by atoms with van der Waals surface area (Å²) in [6.07, 6.45) is 2.29. The van der Waals surface area contributed by atoms with E-state index in [1.54, 1.807) is 26.3 Å². The molecule has 3 N–H and O–H groups in total. The van der Waals surface area contributed by atoms with Crippen molar-refractivity contribution in [2.24, 2.45) is 4.99 Å². The first-order chi connectivity index (χ1) is 15.1. The average Bonchev–Trinajstić information content (AvgIpc) is 3.32. The van der Waals surface area contributed by atoms with Crippen LogP contribution in [0.2, 0.25) is 0 Å². The smallest absolute Gasteiger partial charge is 0.291 e. The van der Waals surface area contributed by atoms with Crippen molar-refractivity contribution in [3.63, 3.8) is 0 Å². The molecule has 0 aliphatic rings. The highest BCUT2D eigenvalue weighted by Crippen LogP contribution is 2.19. The summed E-state index contributed by atoms with van der Waals surface area (Å²) in [5.74, 6) is 1.60. The summed E-state index contributed by atoms with van der Waals surface area (Å²) in [6, 6.07) is 17.1. The first kappa shape index (κ1) is 22.0. The van der Waals surface area contributed by atoms with Gasteiger partial charge in [0.25, 0.3) is 5.91 Å². The molecule has 7 nitrogen and oxygen atoms in total. The number of amides is 1. The largest absolute Gasteiger partial charge is 0.496 e. The lowest BCUT2D eigenvalue weighted by atomic mass is 10.1. The van der Waals surface area contributed by atoms with E-state index >= 15 is 0 Å². The van der Waals surface area contributed by atoms with Crippen molar-refractivity contribution >= 4 is 17.6 Å². The normalized spacial score (nSPS) is 11.1. The molecule has 0 fully saturated rings. The van der Waals surface area contributed by atoms with Gasteiger partial charge in [-0.1, -0.05) is 29.8 Å². The molecule has 3 aromatic rings. The van der Waals surface area contributed by atoms with Crippen LogP contribution in [0.5, 0.6) is 5.75 Å². The maximum atomic E-state index is 12.1. The summed E-state index contributed by atoms with van der Waals surface area (Å²) in [5.41, 5.74) is 4.08. The van der Waals surface area contributed by atoms with Gasteiger partial charge in [-0.2, -0.15) is 0 Å². The number of nitrogens with zero attached hydrogens (tertiary/aromatic N) is 1. The van der Waals surface area contributed by atoms with Crippen molar-refractivity contribution in [2.75, 3.05) is 26.0 Å². The summed E-state index contributed by atoms with van der Waals surface area (Å²) in [7, 11) is 3.43. The lowest BCUT2D eigenvalue weighted by Crippen LogP contribution is -2.37. The average molecular weight is 421 g/mol. The summed E-state index contributed by atoms with van der Waals surface area (Å²) in [6.45, 7) is 3.36. The molecule has 0 unspecified atom stereocenters. The fourth-order valence-electron chi connectivity index (χ4n) is 3.18. The van der Waals surface area contributed by atoms with Gasteiger partial charge in [0, 0.05) is 25.8 Å². The van der Waals surface area contributed by atoms with Crippen LogP contribution in [0.4, 0.5) is 5.69 Å². The van der Waals surface area contributed by atoms with Crippen molar-refractivity contribution < 1.29 is 13.9 Å². The van der Waals surface area contributed by atoms with Crippen LogP contribution in [0.15, 0.2) is 70.3 Å². The van der Waals surface area contributed by atoms with Gasteiger partial charge in [0.15, 0.2) is 11.7 Å². The molecule has 0 saturated carbocycles. The van der Waals surface area contributed by atoms with Crippen molar-refractivity contribution in [1.29, 1.82) is 0 Å². The van der Waals surface area contributed by atoms with E-state index in [0.29, 0.717) is 18.2 Å². The Labute approximate surface area is 182 Å². The Morgan fingerprint density at radius 1 is 1.10 bits per heavy atom. The summed E-state index contributed by atoms with van der Waals surface area (Å²) >= 11 is 0. The highest BCUT2D eigenvalue weighted by atomic mass is 16.5. The van der Waals surface area contributed by atoms with Gasteiger partial charge in [0.2, 0.25) is 0 Å². The third-order valence-corrected chi connectivity index (χ3v) is 4.74. The van der Waals surface area contributed by atoms with Gasteiger partial charge < -0.3 is 25.1 Å². The Bertz CT molecular complexity index is 1030. The molecule has 31 heavy (non-hydrogen) atoms. The summed E-state index contributed by atoms with van der Waals surface area (Å²) in [4.78, 5) is 16.4. The van der Waals surface area contributed by atoms with Crippen LogP contribution in [-0.4, -0.2) is 32.6 Å². The number of anilines is 1. The number of hydrogen-bond acceptors (Lipinski definition) is 4. The zero-order chi connectivity index (χ0) is 22.1. The van der Waals surface area contributed by atoms with Crippen LogP contribution < -0.4 is 20.7 Å². The molecule has 7 heteroatoms. The van der Waals surface area contributed by atoms with Crippen LogP contribution in [0, 0.1) is 6.92 Å². The van der Waals surface area contributed by atoms with Crippen molar-refractivity contribution in [3.8, 4) is 5.75 Å². The zero-order valence-electron chi connectivity index (χ0n) is 18.1.